The predicted octanol–water partition coefficient (Wildman–Crippen LogP) is 4.37. The lowest BCUT2D eigenvalue weighted by atomic mass is 9.99. The number of nitrogens with zero attached hydrogens (tertiary/aromatic N) is 3. The molecule has 3 aromatic rings. The number of amides is 3. The zero-order valence-electron chi connectivity index (χ0n) is 21.0. The monoisotopic (exact) mass is 536 g/mol. The van der Waals surface area contributed by atoms with E-state index in [1.807, 2.05) is 11.4 Å². The molecule has 1 aromatic heterocycles. The van der Waals surface area contributed by atoms with Crippen LogP contribution in [-0.2, 0) is 16.1 Å². The molecule has 0 aliphatic carbocycles. The molecule has 8 nitrogen and oxygen atoms in total. The lowest BCUT2D eigenvalue weighted by molar-refractivity contribution is -0.138. The molecule has 0 saturated carbocycles. The number of halogens is 1. The van der Waals surface area contributed by atoms with Gasteiger partial charge in [0.2, 0.25) is 5.91 Å². The largest absolute Gasteiger partial charge is 0.438 e. The number of thiophene rings is 1. The number of anilines is 1. The summed E-state index contributed by atoms with van der Waals surface area (Å²) in [7, 11) is 0. The van der Waals surface area contributed by atoms with Crippen LogP contribution in [0.15, 0.2) is 66.0 Å². The summed E-state index contributed by atoms with van der Waals surface area (Å²) in [6.07, 6.45) is -1.46. The lowest BCUT2D eigenvalue weighted by Gasteiger charge is -2.37. The highest BCUT2D eigenvalue weighted by atomic mass is 32.1. The molecule has 2 unspecified atom stereocenters. The van der Waals surface area contributed by atoms with Gasteiger partial charge in [0.05, 0.1) is 11.4 Å². The Labute approximate surface area is 224 Å². The minimum absolute atomic E-state index is 0.0490. The Bertz CT molecular complexity index is 1290. The van der Waals surface area contributed by atoms with Crippen LogP contribution in [0.25, 0.3) is 0 Å². The molecule has 5 rings (SSSR count). The second-order valence-electron chi connectivity index (χ2n) is 9.32. The first-order valence-corrected chi connectivity index (χ1v) is 13.5. The van der Waals surface area contributed by atoms with Crippen LogP contribution in [0.5, 0.6) is 0 Å². The number of piperazine rings is 1. The van der Waals surface area contributed by atoms with E-state index in [1.165, 1.54) is 28.4 Å². The number of ether oxygens (including phenoxy) is 1. The van der Waals surface area contributed by atoms with E-state index in [1.54, 1.807) is 47.4 Å². The van der Waals surface area contributed by atoms with E-state index in [9.17, 15) is 18.8 Å². The van der Waals surface area contributed by atoms with E-state index in [2.05, 4.69) is 17.1 Å². The van der Waals surface area contributed by atoms with Crippen molar-refractivity contribution in [1.82, 2.24) is 14.7 Å². The number of rotatable bonds is 7. The van der Waals surface area contributed by atoms with Crippen molar-refractivity contribution in [2.75, 3.05) is 38.0 Å². The van der Waals surface area contributed by atoms with Crippen LogP contribution in [0.3, 0.4) is 0 Å². The molecule has 2 aromatic carbocycles. The van der Waals surface area contributed by atoms with Crippen molar-refractivity contribution in [2.24, 2.45) is 0 Å². The number of likely N-dealkylation sites (N-methyl/N-ethyl adjacent to an activating group) is 1. The first-order valence-electron chi connectivity index (χ1n) is 12.6. The average Bonchev–Trinajstić information content (AvgIpc) is 3.58. The summed E-state index contributed by atoms with van der Waals surface area (Å²) in [4.78, 5) is 45.3. The highest BCUT2D eigenvalue weighted by Crippen LogP contribution is 2.35. The fraction of sp³-hybridized carbons (Fsp3) is 0.321. The molecule has 0 radical (unpaired) electrons. The van der Waals surface area contributed by atoms with Crippen molar-refractivity contribution in [3.05, 3.63) is 87.9 Å². The summed E-state index contributed by atoms with van der Waals surface area (Å²) in [5.74, 6) is -0.811. The summed E-state index contributed by atoms with van der Waals surface area (Å²) < 4.78 is 19.6. The molecule has 2 fully saturated rings. The number of cyclic esters (lactones) is 1. The standard InChI is InChI=1S/C28H29FN4O4S/c1-2-31-12-14-32(15-13-31)27(35)24-25(37-28(36)33(24)18-19-5-3-6-21(29)17-19)20-8-10-22(11-9-20)30-26(34)23-7-4-16-38-23/h3-11,16-17,24-25H,2,12-15,18H2,1H3,(H,30,34). The molecule has 2 atom stereocenters. The Balaban J connectivity index is 1.39. The van der Waals surface area contributed by atoms with Crippen molar-refractivity contribution in [3.63, 3.8) is 0 Å². The summed E-state index contributed by atoms with van der Waals surface area (Å²) in [5, 5.41) is 4.69. The molecular formula is C28H29FN4O4S. The Morgan fingerprint density at radius 2 is 1.82 bits per heavy atom. The van der Waals surface area contributed by atoms with Gasteiger partial charge in [0.1, 0.15) is 5.82 Å². The molecule has 3 heterocycles. The molecule has 0 spiro atoms. The lowest BCUT2D eigenvalue weighted by Crippen LogP contribution is -2.54. The maximum Gasteiger partial charge on any atom is 0.411 e. The van der Waals surface area contributed by atoms with Crippen LogP contribution in [-0.4, -0.2) is 71.4 Å². The van der Waals surface area contributed by atoms with Gasteiger partial charge in [-0.1, -0.05) is 37.3 Å². The van der Waals surface area contributed by atoms with E-state index < -0.39 is 24.1 Å². The number of hydrogen-bond donors (Lipinski definition) is 1. The Morgan fingerprint density at radius 1 is 1.05 bits per heavy atom. The molecule has 38 heavy (non-hydrogen) atoms. The van der Waals surface area contributed by atoms with Gasteiger partial charge >= 0.3 is 6.09 Å². The van der Waals surface area contributed by atoms with Gasteiger partial charge in [-0.15, -0.1) is 11.3 Å². The molecule has 2 saturated heterocycles. The van der Waals surface area contributed by atoms with Crippen molar-refractivity contribution < 1.29 is 23.5 Å². The van der Waals surface area contributed by atoms with Crippen LogP contribution in [0, 0.1) is 5.82 Å². The summed E-state index contributed by atoms with van der Waals surface area (Å²) in [6, 6.07) is 15.6. The van der Waals surface area contributed by atoms with Gasteiger partial charge in [0.25, 0.3) is 5.91 Å². The van der Waals surface area contributed by atoms with E-state index >= 15 is 0 Å². The summed E-state index contributed by atoms with van der Waals surface area (Å²) >= 11 is 1.35. The number of carbonyl (C=O) groups is 3. The van der Waals surface area contributed by atoms with Crippen molar-refractivity contribution in [3.8, 4) is 0 Å². The molecule has 10 heteroatoms. The second-order valence-corrected chi connectivity index (χ2v) is 10.3. The van der Waals surface area contributed by atoms with Crippen molar-refractivity contribution in [2.45, 2.75) is 25.6 Å². The van der Waals surface area contributed by atoms with Gasteiger partial charge in [0, 0.05) is 31.9 Å². The first kappa shape index (κ1) is 25.9. The van der Waals surface area contributed by atoms with Gasteiger partial charge in [0.15, 0.2) is 12.1 Å². The van der Waals surface area contributed by atoms with Gasteiger partial charge < -0.3 is 19.9 Å². The van der Waals surface area contributed by atoms with Gasteiger partial charge in [-0.25, -0.2) is 9.18 Å². The van der Waals surface area contributed by atoms with E-state index in [0.29, 0.717) is 34.8 Å². The topological polar surface area (TPSA) is 82.2 Å². The molecule has 2 aliphatic rings. The Kier molecular flexibility index (Phi) is 7.71. The van der Waals surface area contributed by atoms with Crippen LogP contribution in [0.4, 0.5) is 14.9 Å². The van der Waals surface area contributed by atoms with Gasteiger partial charge in [-0.05, 0) is 53.4 Å². The second kappa shape index (κ2) is 11.3. The highest BCUT2D eigenvalue weighted by Gasteiger charge is 2.48. The Hall–Kier alpha value is -3.76. The molecule has 0 bridgehead atoms. The Morgan fingerprint density at radius 3 is 2.47 bits per heavy atom. The van der Waals surface area contributed by atoms with Crippen LogP contribution in [0.1, 0.15) is 33.8 Å². The normalized spacial score (nSPS) is 19.9. The number of benzene rings is 2. The molecule has 1 N–H and O–H groups in total. The summed E-state index contributed by atoms with van der Waals surface area (Å²) in [6.45, 7) is 5.69. The maximum atomic E-state index is 13.9. The van der Waals surface area contributed by atoms with E-state index in [4.69, 9.17) is 4.74 Å². The molecule has 2 aliphatic heterocycles. The van der Waals surface area contributed by atoms with Crippen LogP contribution in [0.2, 0.25) is 0 Å². The third kappa shape index (κ3) is 5.56. The maximum absolute atomic E-state index is 13.9. The van der Waals surface area contributed by atoms with Crippen molar-refractivity contribution >= 4 is 34.9 Å². The quantitative estimate of drug-likeness (QED) is 0.485. The smallest absolute Gasteiger partial charge is 0.411 e. The molecular weight excluding hydrogens is 507 g/mol. The van der Waals surface area contributed by atoms with Crippen LogP contribution < -0.4 is 5.32 Å². The zero-order valence-corrected chi connectivity index (χ0v) is 21.8. The third-order valence-electron chi connectivity index (χ3n) is 6.95. The predicted molar refractivity (Wildman–Crippen MR) is 142 cm³/mol. The highest BCUT2D eigenvalue weighted by molar-refractivity contribution is 7.12. The van der Waals surface area contributed by atoms with Gasteiger partial charge in [-0.2, -0.15) is 0 Å². The third-order valence-corrected chi connectivity index (χ3v) is 7.82. The zero-order chi connectivity index (χ0) is 26.6. The number of hydrogen-bond acceptors (Lipinski definition) is 6. The number of nitrogens with one attached hydrogen (secondary N) is 1. The average molecular weight is 537 g/mol. The molecule has 198 valence electrons. The van der Waals surface area contributed by atoms with E-state index in [0.717, 1.165) is 19.6 Å². The first-order chi connectivity index (χ1) is 18.4. The SMILES string of the molecule is CCN1CCN(C(=O)C2C(c3ccc(NC(=O)c4cccs4)cc3)OC(=O)N2Cc2cccc(F)c2)CC1. The fourth-order valence-corrected chi connectivity index (χ4v) is 5.47. The van der Waals surface area contributed by atoms with E-state index in [-0.39, 0.29) is 18.4 Å². The number of carbonyl (C=O) groups excluding carboxylic acids is 3. The van der Waals surface area contributed by atoms with Gasteiger partial charge in [-0.3, -0.25) is 14.5 Å². The summed E-state index contributed by atoms with van der Waals surface area (Å²) in [5.41, 5.74) is 1.80. The minimum atomic E-state index is -0.898. The fourth-order valence-electron chi connectivity index (χ4n) is 4.85. The molecule has 3 amide bonds. The van der Waals surface area contributed by atoms with Crippen molar-refractivity contribution in [1.29, 1.82) is 0 Å². The minimum Gasteiger partial charge on any atom is -0.438 e. The van der Waals surface area contributed by atoms with Crippen LogP contribution >= 0.6 is 11.3 Å².